The van der Waals surface area contributed by atoms with Crippen LogP contribution in [0.1, 0.15) is 13.3 Å². The lowest BCUT2D eigenvalue weighted by molar-refractivity contribution is -0.137. The largest absolute Gasteiger partial charge is 0.481 e. The lowest BCUT2D eigenvalue weighted by Gasteiger charge is -1.84. The second-order valence-corrected chi connectivity index (χ2v) is 1.67. The van der Waals surface area contributed by atoms with Gasteiger partial charge >= 0.3 is 11.9 Å². The van der Waals surface area contributed by atoms with Gasteiger partial charge in [-0.25, -0.2) is 0 Å². The van der Waals surface area contributed by atoms with Crippen LogP contribution in [0.2, 0.25) is 0 Å². The fourth-order valence-electron chi connectivity index (χ4n) is 0.151. The molecule has 0 aliphatic heterocycles. The molecule has 13 heavy (non-hydrogen) atoms. The minimum absolute atomic E-state index is 0.0417. The van der Waals surface area contributed by atoms with Crippen molar-refractivity contribution in [3.8, 4) is 0 Å². The van der Waals surface area contributed by atoms with E-state index in [1.54, 1.807) is 14.0 Å². The molecule has 0 aromatic carbocycles. The maximum Gasteiger partial charge on any atom is 0.317 e. The van der Waals surface area contributed by atoms with Crippen LogP contribution >= 0.6 is 0 Å². The number of rotatable bonds is 3. The van der Waals surface area contributed by atoms with Gasteiger partial charge in [-0.3, -0.25) is 9.59 Å². The molecule has 5 N–H and O–H groups in total. The monoisotopic (exact) mass is 194 g/mol. The Hall–Kier alpha value is -1.14. The molecule has 0 saturated carbocycles. The van der Waals surface area contributed by atoms with Crippen LogP contribution in [0.4, 0.5) is 0 Å². The van der Waals surface area contributed by atoms with Crippen LogP contribution < -0.4 is 11.1 Å². The molecule has 0 aliphatic carbocycles. The van der Waals surface area contributed by atoms with E-state index in [0.717, 1.165) is 0 Å². The van der Waals surface area contributed by atoms with E-state index >= 15 is 0 Å². The van der Waals surface area contributed by atoms with Crippen molar-refractivity contribution in [2.45, 2.75) is 13.3 Å². The Morgan fingerprint density at radius 1 is 1.23 bits per heavy atom. The SMILES string of the molecule is CCC(=O)O.CN.CNCC(=O)O. The van der Waals surface area contributed by atoms with Gasteiger partial charge in [-0.15, -0.1) is 0 Å². The fourth-order valence-corrected chi connectivity index (χ4v) is 0.151. The summed E-state index contributed by atoms with van der Waals surface area (Å²) in [6.07, 6.45) is 0.222. The predicted molar refractivity (Wildman–Crippen MR) is 49.6 cm³/mol. The fraction of sp³-hybridized carbons (Fsp3) is 0.714. The summed E-state index contributed by atoms with van der Waals surface area (Å²) >= 11 is 0. The summed E-state index contributed by atoms with van der Waals surface area (Å²) in [5.41, 5.74) is 4.50. The number of carboxylic acid groups (broad SMARTS) is 2. The summed E-state index contributed by atoms with van der Waals surface area (Å²) in [5, 5.41) is 18.0. The van der Waals surface area contributed by atoms with Crippen molar-refractivity contribution in [1.29, 1.82) is 0 Å². The summed E-state index contributed by atoms with van der Waals surface area (Å²) in [5.74, 6) is -1.57. The van der Waals surface area contributed by atoms with E-state index in [4.69, 9.17) is 10.2 Å². The van der Waals surface area contributed by atoms with Crippen molar-refractivity contribution in [3.05, 3.63) is 0 Å². The molecule has 0 aromatic rings. The van der Waals surface area contributed by atoms with Crippen LogP contribution in [0.25, 0.3) is 0 Å². The molecular weight excluding hydrogens is 176 g/mol. The van der Waals surface area contributed by atoms with Gasteiger partial charge in [-0.2, -0.15) is 0 Å². The molecule has 0 amide bonds. The third-order valence-corrected chi connectivity index (χ3v) is 0.630. The summed E-state index contributed by atoms with van der Waals surface area (Å²) in [7, 11) is 3.09. The maximum atomic E-state index is 9.54. The summed E-state index contributed by atoms with van der Waals surface area (Å²) < 4.78 is 0. The average molecular weight is 194 g/mol. The quantitative estimate of drug-likeness (QED) is 0.474. The molecule has 0 bridgehead atoms. The normalized spacial score (nSPS) is 7.08. The lowest BCUT2D eigenvalue weighted by atomic mass is 10.5. The molecule has 0 saturated heterocycles. The van der Waals surface area contributed by atoms with E-state index in [-0.39, 0.29) is 13.0 Å². The summed E-state index contributed by atoms with van der Waals surface area (Å²) in [6, 6.07) is 0. The van der Waals surface area contributed by atoms with Crippen molar-refractivity contribution in [3.63, 3.8) is 0 Å². The molecule has 6 nitrogen and oxygen atoms in total. The summed E-state index contributed by atoms with van der Waals surface area (Å²) in [6.45, 7) is 1.64. The first-order valence-corrected chi connectivity index (χ1v) is 3.70. The van der Waals surface area contributed by atoms with Crippen molar-refractivity contribution in [2.24, 2.45) is 5.73 Å². The molecule has 0 spiro atoms. The Kier molecular flexibility index (Phi) is 23.4. The van der Waals surface area contributed by atoms with Crippen molar-refractivity contribution < 1.29 is 19.8 Å². The molecule has 80 valence electrons. The molecule has 0 aliphatic rings. The highest BCUT2D eigenvalue weighted by Crippen LogP contribution is 1.67. The first-order valence-electron chi connectivity index (χ1n) is 3.70. The van der Waals surface area contributed by atoms with E-state index in [9.17, 15) is 9.59 Å². The van der Waals surface area contributed by atoms with Crippen LogP contribution in [0.5, 0.6) is 0 Å². The number of hydrogen-bond acceptors (Lipinski definition) is 4. The third-order valence-electron chi connectivity index (χ3n) is 0.630. The highest BCUT2D eigenvalue weighted by Gasteiger charge is 1.86. The predicted octanol–water partition coefficient (Wildman–Crippen LogP) is -0.654. The molecular formula is C7H18N2O4. The zero-order valence-electron chi connectivity index (χ0n) is 8.20. The summed E-state index contributed by atoms with van der Waals surface area (Å²) in [4.78, 5) is 18.9. The van der Waals surface area contributed by atoms with Crippen LogP contribution in [-0.4, -0.2) is 42.8 Å². The Balaban J connectivity index is -0.000000131. The first kappa shape index (κ1) is 17.8. The van der Waals surface area contributed by atoms with Gasteiger partial charge in [0.25, 0.3) is 0 Å². The van der Waals surface area contributed by atoms with E-state index in [1.165, 1.54) is 7.05 Å². The molecule has 0 radical (unpaired) electrons. The van der Waals surface area contributed by atoms with Gasteiger partial charge in [0.2, 0.25) is 0 Å². The van der Waals surface area contributed by atoms with Gasteiger partial charge in [-0.05, 0) is 14.1 Å². The molecule has 6 heteroatoms. The van der Waals surface area contributed by atoms with Gasteiger partial charge < -0.3 is 21.3 Å². The maximum absolute atomic E-state index is 9.54. The number of nitrogens with one attached hydrogen (secondary N) is 1. The number of hydrogen-bond donors (Lipinski definition) is 4. The van der Waals surface area contributed by atoms with Crippen LogP contribution in [-0.2, 0) is 9.59 Å². The Bertz CT molecular complexity index is 128. The zero-order chi connectivity index (χ0) is 11.3. The topological polar surface area (TPSA) is 113 Å². The van der Waals surface area contributed by atoms with Gasteiger partial charge in [0.05, 0.1) is 6.54 Å². The number of aliphatic carboxylic acids is 2. The van der Waals surface area contributed by atoms with Crippen molar-refractivity contribution in [2.75, 3.05) is 20.6 Å². The second kappa shape index (κ2) is 17.1. The minimum Gasteiger partial charge on any atom is -0.481 e. The molecule has 0 unspecified atom stereocenters. The van der Waals surface area contributed by atoms with Gasteiger partial charge in [-0.1, -0.05) is 6.92 Å². The highest BCUT2D eigenvalue weighted by atomic mass is 16.4. The average Bonchev–Trinajstić information content (AvgIpc) is 2.09. The number of nitrogens with two attached hydrogens (primary N) is 1. The standard InChI is InChI=1S/C3H7NO2.C3H6O2.CH5N/c1-4-2-3(5)6;1-2-3(4)5;1-2/h4H,2H2,1H3,(H,5,6);2H2,1H3,(H,4,5);2H2,1H3. The van der Waals surface area contributed by atoms with E-state index in [1.807, 2.05) is 0 Å². The van der Waals surface area contributed by atoms with Crippen molar-refractivity contribution in [1.82, 2.24) is 5.32 Å². The highest BCUT2D eigenvalue weighted by molar-refractivity contribution is 5.68. The first-order chi connectivity index (χ1) is 6.04. The van der Waals surface area contributed by atoms with Crippen molar-refractivity contribution >= 4 is 11.9 Å². The van der Waals surface area contributed by atoms with Gasteiger partial charge in [0.1, 0.15) is 0 Å². The number of carboxylic acids is 2. The van der Waals surface area contributed by atoms with Crippen LogP contribution in [0.3, 0.4) is 0 Å². The van der Waals surface area contributed by atoms with Gasteiger partial charge in [0.15, 0.2) is 0 Å². The third kappa shape index (κ3) is 57.2. The minimum atomic E-state index is -0.822. The smallest absolute Gasteiger partial charge is 0.317 e. The number of likely N-dealkylation sites (N-methyl/N-ethyl adjacent to an activating group) is 1. The molecule has 0 fully saturated rings. The molecule has 0 aromatic heterocycles. The van der Waals surface area contributed by atoms with E-state index in [2.05, 4.69) is 11.1 Å². The molecule has 0 heterocycles. The zero-order valence-corrected chi connectivity index (χ0v) is 8.20. The van der Waals surface area contributed by atoms with Gasteiger partial charge in [0, 0.05) is 6.42 Å². The number of carbonyl (C=O) groups is 2. The lowest BCUT2D eigenvalue weighted by Crippen LogP contribution is -2.16. The second-order valence-electron chi connectivity index (χ2n) is 1.67. The van der Waals surface area contributed by atoms with E-state index < -0.39 is 11.9 Å². The Morgan fingerprint density at radius 2 is 1.54 bits per heavy atom. The van der Waals surface area contributed by atoms with E-state index in [0.29, 0.717) is 0 Å². The Morgan fingerprint density at radius 3 is 1.54 bits per heavy atom. The Labute approximate surface area is 77.7 Å². The van der Waals surface area contributed by atoms with Crippen LogP contribution in [0.15, 0.2) is 0 Å². The molecule has 0 atom stereocenters. The molecule has 0 rings (SSSR count). The van der Waals surface area contributed by atoms with Crippen LogP contribution in [0, 0.1) is 0 Å².